The summed E-state index contributed by atoms with van der Waals surface area (Å²) in [6, 6.07) is 7.61. The lowest BCUT2D eigenvalue weighted by Crippen LogP contribution is -2.19. The van der Waals surface area contributed by atoms with Gasteiger partial charge in [-0.25, -0.2) is 5.43 Å². The molecule has 19 heavy (non-hydrogen) atoms. The Kier molecular flexibility index (Phi) is 7.60. The first-order valence-corrected chi connectivity index (χ1v) is 7.74. The van der Waals surface area contributed by atoms with Crippen molar-refractivity contribution in [3.8, 4) is 0 Å². The van der Waals surface area contributed by atoms with E-state index in [4.69, 9.17) is 11.6 Å². The molecular formula is C14H19ClN2OS. The molecule has 5 heteroatoms. The van der Waals surface area contributed by atoms with Crippen molar-refractivity contribution in [3.05, 3.63) is 29.3 Å². The lowest BCUT2D eigenvalue weighted by molar-refractivity contribution is -0.120. The Morgan fingerprint density at radius 1 is 1.26 bits per heavy atom. The van der Waals surface area contributed by atoms with E-state index < -0.39 is 0 Å². The minimum Gasteiger partial charge on any atom is -0.273 e. The summed E-state index contributed by atoms with van der Waals surface area (Å²) in [7, 11) is 0. The predicted molar refractivity (Wildman–Crippen MR) is 83.0 cm³/mol. The predicted octanol–water partition coefficient (Wildman–Crippen LogP) is 4.11. The maximum Gasteiger partial charge on any atom is 0.240 e. The van der Waals surface area contributed by atoms with Crippen LogP contribution in [0.5, 0.6) is 0 Å². The van der Waals surface area contributed by atoms with Crippen molar-refractivity contribution in [3.63, 3.8) is 0 Å². The Labute approximate surface area is 123 Å². The zero-order valence-corrected chi connectivity index (χ0v) is 12.9. The van der Waals surface area contributed by atoms with Crippen molar-refractivity contribution >= 4 is 35.0 Å². The number of nitrogens with one attached hydrogen (secondary N) is 1. The number of hydrogen-bond donors (Lipinski definition) is 1. The number of rotatable bonds is 7. The van der Waals surface area contributed by atoms with E-state index in [1.165, 1.54) is 0 Å². The monoisotopic (exact) mass is 298 g/mol. The van der Waals surface area contributed by atoms with Gasteiger partial charge >= 0.3 is 0 Å². The number of nitrogens with zero attached hydrogens (tertiary/aromatic N) is 1. The van der Waals surface area contributed by atoms with Crippen LogP contribution in [-0.4, -0.2) is 17.4 Å². The molecule has 0 bridgehead atoms. The second kappa shape index (κ2) is 8.99. The fourth-order valence-electron chi connectivity index (χ4n) is 1.40. The molecule has 0 fully saturated rings. The fourth-order valence-corrected chi connectivity index (χ4v) is 2.38. The highest BCUT2D eigenvalue weighted by Gasteiger charge is 2.01. The van der Waals surface area contributed by atoms with E-state index in [1.807, 2.05) is 38.1 Å². The first-order chi connectivity index (χ1) is 9.15. The smallest absolute Gasteiger partial charge is 0.240 e. The average Bonchev–Trinajstić information content (AvgIpc) is 2.42. The third-order valence-electron chi connectivity index (χ3n) is 2.57. The van der Waals surface area contributed by atoms with E-state index in [0.717, 1.165) is 34.2 Å². The van der Waals surface area contributed by atoms with Gasteiger partial charge in [0.05, 0.1) is 0 Å². The molecule has 3 nitrogen and oxygen atoms in total. The second-order valence-electron chi connectivity index (χ2n) is 3.97. The third kappa shape index (κ3) is 6.64. The number of amides is 1. The Bertz CT molecular complexity index is 426. The van der Waals surface area contributed by atoms with Gasteiger partial charge in [-0.2, -0.15) is 5.10 Å². The third-order valence-corrected chi connectivity index (χ3v) is 3.83. The van der Waals surface area contributed by atoms with Gasteiger partial charge in [-0.3, -0.25) is 4.79 Å². The van der Waals surface area contributed by atoms with Gasteiger partial charge in [-0.15, -0.1) is 11.8 Å². The van der Waals surface area contributed by atoms with Gasteiger partial charge in [0.15, 0.2) is 0 Å². The molecule has 0 unspecified atom stereocenters. The Morgan fingerprint density at radius 3 is 2.47 bits per heavy atom. The number of hydrazone groups is 1. The first kappa shape index (κ1) is 16.1. The van der Waals surface area contributed by atoms with Crippen molar-refractivity contribution in [1.29, 1.82) is 0 Å². The molecule has 104 valence electrons. The van der Waals surface area contributed by atoms with Crippen LogP contribution in [-0.2, 0) is 4.79 Å². The van der Waals surface area contributed by atoms with Gasteiger partial charge in [0, 0.05) is 27.8 Å². The first-order valence-electron chi connectivity index (χ1n) is 6.38. The minimum atomic E-state index is -0.0409. The number of thioether (sulfide) groups is 1. The number of carbonyl (C=O) groups excluding carboxylic acids is 1. The van der Waals surface area contributed by atoms with Gasteiger partial charge in [-0.05, 0) is 37.1 Å². The highest BCUT2D eigenvalue weighted by molar-refractivity contribution is 7.99. The van der Waals surface area contributed by atoms with Gasteiger partial charge in [0.1, 0.15) is 0 Å². The van der Waals surface area contributed by atoms with Crippen LogP contribution in [0.4, 0.5) is 0 Å². The van der Waals surface area contributed by atoms with Crippen molar-refractivity contribution in [2.45, 2.75) is 38.0 Å². The summed E-state index contributed by atoms with van der Waals surface area (Å²) < 4.78 is 0. The number of carbonyl (C=O) groups is 1. The van der Waals surface area contributed by atoms with Crippen molar-refractivity contribution in [2.24, 2.45) is 5.10 Å². The van der Waals surface area contributed by atoms with Crippen LogP contribution in [0.3, 0.4) is 0 Å². The van der Waals surface area contributed by atoms with E-state index in [-0.39, 0.29) is 5.91 Å². The van der Waals surface area contributed by atoms with Gasteiger partial charge < -0.3 is 0 Å². The van der Waals surface area contributed by atoms with E-state index in [9.17, 15) is 4.79 Å². The number of halogens is 1. The van der Waals surface area contributed by atoms with E-state index in [0.29, 0.717) is 6.42 Å². The summed E-state index contributed by atoms with van der Waals surface area (Å²) in [6.45, 7) is 4.07. The molecule has 0 saturated carbocycles. The Morgan fingerprint density at radius 2 is 1.89 bits per heavy atom. The van der Waals surface area contributed by atoms with E-state index in [1.54, 1.807) is 11.8 Å². The Balaban J connectivity index is 2.27. The summed E-state index contributed by atoms with van der Waals surface area (Å²) in [6.07, 6.45) is 2.20. The number of benzene rings is 1. The molecule has 1 aromatic rings. The lowest BCUT2D eigenvalue weighted by atomic mass is 10.2. The van der Waals surface area contributed by atoms with Crippen molar-refractivity contribution < 1.29 is 4.79 Å². The summed E-state index contributed by atoms with van der Waals surface area (Å²) in [5.41, 5.74) is 3.61. The van der Waals surface area contributed by atoms with E-state index >= 15 is 0 Å². The van der Waals surface area contributed by atoms with Crippen LogP contribution in [0.1, 0.15) is 33.1 Å². The molecule has 0 radical (unpaired) electrons. The second-order valence-corrected chi connectivity index (χ2v) is 5.58. The largest absolute Gasteiger partial charge is 0.273 e. The molecule has 0 aromatic heterocycles. The standard InChI is InChI=1S/C14H19ClN2OS/c1-3-12(4-2)16-17-14(18)9-10-19-13-7-5-11(15)6-8-13/h5-8H,3-4,9-10H2,1-2H3,(H,17,18). The maximum atomic E-state index is 11.6. The molecule has 0 saturated heterocycles. The van der Waals surface area contributed by atoms with E-state index in [2.05, 4.69) is 10.5 Å². The van der Waals surface area contributed by atoms with Crippen LogP contribution < -0.4 is 5.43 Å². The SMILES string of the molecule is CCC(CC)=NNC(=O)CCSc1ccc(Cl)cc1. The summed E-state index contributed by atoms with van der Waals surface area (Å²) >= 11 is 7.44. The molecule has 1 rings (SSSR count). The molecule has 0 heterocycles. The Hall–Kier alpha value is -1.00. The lowest BCUT2D eigenvalue weighted by Gasteiger charge is -2.03. The molecule has 0 aliphatic rings. The topological polar surface area (TPSA) is 41.5 Å². The van der Waals surface area contributed by atoms with Crippen molar-refractivity contribution in [2.75, 3.05) is 5.75 Å². The maximum absolute atomic E-state index is 11.6. The molecule has 0 spiro atoms. The number of hydrogen-bond acceptors (Lipinski definition) is 3. The molecule has 1 N–H and O–H groups in total. The van der Waals surface area contributed by atoms with Gasteiger partial charge in [0.25, 0.3) is 0 Å². The molecular weight excluding hydrogens is 280 g/mol. The quantitative estimate of drug-likeness (QED) is 0.467. The van der Waals surface area contributed by atoms with Crippen LogP contribution in [0.2, 0.25) is 5.02 Å². The molecule has 0 aliphatic heterocycles. The highest BCUT2D eigenvalue weighted by atomic mass is 35.5. The summed E-state index contributed by atoms with van der Waals surface area (Å²) in [4.78, 5) is 12.7. The molecule has 1 aromatic carbocycles. The summed E-state index contributed by atoms with van der Waals surface area (Å²) in [5, 5.41) is 4.81. The molecule has 1 amide bonds. The molecule has 0 atom stereocenters. The normalized spacial score (nSPS) is 10.1. The fraction of sp³-hybridized carbons (Fsp3) is 0.429. The van der Waals surface area contributed by atoms with Crippen molar-refractivity contribution in [1.82, 2.24) is 5.43 Å². The summed E-state index contributed by atoms with van der Waals surface area (Å²) in [5.74, 6) is 0.692. The average molecular weight is 299 g/mol. The highest BCUT2D eigenvalue weighted by Crippen LogP contribution is 2.20. The van der Waals surface area contributed by atoms with Crippen LogP contribution in [0, 0.1) is 0 Å². The van der Waals surface area contributed by atoms with Crippen LogP contribution in [0.25, 0.3) is 0 Å². The zero-order chi connectivity index (χ0) is 14.1. The van der Waals surface area contributed by atoms with Gasteiger partial charge in [0.2, 0.25) is 5.91 Å². The van der Waals surface area contributed by atoms with Gasteiger partial charge in [-0.1, -0.05) is 25.4 Å². The molecule has 0 aliphatic carbocycles. The zero-order valence-electron chi connectivity index (χ0n) is 11.3. The minimum absolute atomic E-state index is 0.0409. The van der Waals surface area contributed by atoms with Crippen LogP contribution >= 0.6 is 23.4 Å². The van der Waals surface area contributed by atoms with Crippen LogP contribution in [0.15, 0.2) is 34.3 Å².